The summed E-state index contributed by atoms with van der Waals surface area (Å²) in [6.07, 6.45) is 3.90. The lowest BCUT2D eigenvalue weighted by Gasteiger charge is -1.96. The fraction of sp³-hybridized carbons (Fsp3) is 0.182. The number of aromatic nitrogens is 6. The number of rotatable bonds is 3. The van der Waals surface area contributed by atoms with E-state index in [9.17, 15) is 4.79 Å². The van der Waals surface area contributed by atoms with Gasteiger partial charge in [-0.15, -0.1) is 5.10 Å². The van der Waals surface area contributed by atoms with E-state index in [1.54, 1.807) is 0 Å². The van der Waals surface area contributed by atoms with E-state index in [2.05, 4.69) is 30.9 Å². The number of nitrogens with one attached hydrogen (secondary N) is 2. The van der Waals surface area contributed by atoms with Gasteiger partial charge in [-0.25, -0.2) is 4.98 Å². The van der Waals surface area contributed by atoms with Crippen LogP contribution in [0.25, 0.3) is 5.65 Å². The molecule has 0 fully saturated rings. The second-order valence-electron chi connectivity index (χ2n) is 4.16. The number of anilines is 1. The first-order valence-corrected chi connectivity index (χ1v) is 5.68. The van der Waals surface area contributed by atoms with Crippen molar-refractivity contribution in [1.29, 1.82) is 0 Å². The molecule has 0 saturated heterocycles. The Kier molecular flexibility index (Phi) is 2.67. The van der Waals surface area contributed by atoms with Crippen LogP contribution in [0.1, 0.15) is 11.3 Å². The van der Waals surface area contributed by atoms with Crippen LogP contribution in [0.15, 0.2) is 24.5 Å². The quantitative estimate of drug-likeness (QED) is 0.704. The maximum Gasteiger partial charge on any atom is 0.269 e. The van der Waals surface area contributed by atoms with E-state index in [1.807, 2.05) is 35.9 Å². The molecule has 8 heteroatoms. The standard InChI is InChI=1S/C11H11N7O/c1-7-2-3-18-6-8(12-9(18)4-7)5-10(19)13-11-14-16-17-15-11/h2-4,6H,5H2,1H3,(H2,13,14,15,16,17,19). The Labute approximate surface area is 107 Å². The number of hydrogen-bond acceptors (Lipinski definition) is 5. The van der Waals surface area contributed by atoms with Gasteiger partial charge < -0.3 is 4.40 Å². The molecule has 96 valence electrons. The summed E-state index contributed by atoms with van der Waals surface area (Å²) in [5, 5.41) is 15.4. The summed E-state index contributed by atoms with van der Waals surface area (Å²) in [7, 11) is 0. The Bertz CT molecular complexity index is 716. The second kappa shape index (κ2) is 4.48. The number of nitrogens with zero attached hydrogens (tertiary/aromatic N) is 5. The average Bonchev–Trinajstić information content (AvgIpc) is 2.97. The molecule has 3 aromatic rings. The molecule has 0 aliphatic carbocycles. The van der Waals surface area contributed by atoms with Crippen molar-refractivity contribution in [3.05, 3.63) is 35.8 Å². The van der Waals surface area contributed by atoms with Crippen molar-refractivity contribution < 1.29 is 4.79 Å². The molecule has 0 atom stereocenters. The fourth-order valence-corrected chi connectivity index (χ4v) is 1.77. The molecule has 0 radical (unpaired) electrons. The molecule has 3 aromatic heterocycles. The molecule has 8 nitrogen and oxygen atoms in total. The zero-order chi connectivity index (χ0) is 13.2. The highest BCUT2D eigenvalue weighted by Crippen LogP contribution is 2.08. The summed E-state index contributed by atoms with van der Waals surface area (Å²) < 4.78 is 1.88. The number of fused-ring (bicyclic) bond motifs is 1. The van der Waals surface area contributed by atoms with Gasteiger partial charge in [-0.3, -0.25) is 10.1 Å². The maximum absolute atomic E-state index is 11.7. The molecule has 0 aromatic carbocycles. The smallest absolute Gasteiger partial charge is 0.269 e. The molecule has 0 spiro atoms. The van der Waals surface area contributed by atoms with Crippen LogP contribution < -0.4 is 5.32 Å². The van der Waals surface area contributed by atoms with Crippen LogP contribution in [0.3, 0.4) is 0 Å². The maximum atomic E-state index is 11.7. The van der Waals surface area contributed by atoms with Crippen LogP contribution >= 0.6 is 0 Å². The van der Waals surface area contributed by atoms with Crippen LogP contribution in [0.2, 0.25) is 0 Å². The number of imidazole rings is 1. The topological polar surface area (TPSA) is 101 Å². The van der Waals surface area contributed by atoms with Gasteiger partial charge in [-0.2, -0.15) is 5.21 Å². The molecule has 19 heavy (non-hydrogen) atoms. The van der Waals surface area contributed by atoms with Gasteiger partial charge in [0, 0.05) is 12.4 Å². The Balaban J connectivity index is 1.76. The molecule has 0 bridgehead atoms. The first-order chi connectivity index (χ1) is 9.20. The number of carbonyl (C=O) groups excluding carboxylic acids is 1. The average molecular weight is 257 g/mol. The SMILES string of the molecule is Cc1ccn2cc(CC(=O)Nc3nn[nH]n3)nc2c1. The molecule has 1 amide bonds. The molecule has 3 heterocycles. The fourth-order valence-electron chi connectivity index (χ4n) is 1.77. The molecule has 0 unspecified atom stereocenters. The van der Waals surface area contributed by atoms with E-state index < -0.39 is 0 Å². The first kappa shape index (κ1) is 11.3. The highest BCUT2D eigenvalue weighted by molar-refractivity contribution is 5.90. The largest absolute Gasteiger partial charge is 0.307 e. The van der Waals surface area contributed by atoms with E-state index in [0.29, 0.717) is 5.69 Å². The number of pyridine rings is 1. The summed E-state index contributed by atoms with van der Waals surface area (Å²) in [5.41, 5.74) is 2.63. The summed E-state index contributed by atoms with van der Waals surface area (Å²) in [5.74, 6) is -0.0777. The number of aromatic amines is 1. The first-order valence-electron chi connectivity index (χ1n) is 5.68. The minimum absolute atomic E-state index is 0.157. The Hall–Kier alpha value is -2.77. The summed E-state index contributed by atoms with van der Waals surface area (Å²) >= 11 is 0. The molecule has 0 saturated carbocycles. The molecular formula is C11H11N7O. The van der Waals surface area contributed by atoms with Gasteiger partial charge in [0.15, 0.2) is 0 Å². The van der Waals surface area contributed by atoms with Crippen molar-refractivity contribution in [2.75, 3.05) is 5.32 Å². The van der Waals surface area contributed by atoms with Gasteiger partial charge in [0.2, 0.25) is 5.91 Å². The highest BCUT2D eigenvalue weighted by Gasteiger charge is 2.09. The van der Waals surface area contributed by atoms with Crippen molar-refractivity contribution in [2.24, 2.45) is 0 Å². The minimum Gasteiger partial charge on any atom is -0.307 e. The molecule has 3 rings (SSSR count). The molecule has 2 N–H and O–H groups in total. The van der Waals surface area contributed by atoms with E-state index in [1.165, 1.54) is 0 Å². The van der Waals surface area contributed by atoms with Crippen molar-refractivity contribution >= 4 is 17.5 Å². The third-order valence-electron chi connectivity index (χ3n) is 2.60. The van der Waals surface area contributed by atoms with Gasteiger partial charge in [-0.1, -0.05) is 5.10 Å². The Morgan fingerprint density at radius 3 is 3.21 bits per heavy atom. The van der Waals surface area contributed by atoms with Crippen molar-refractivity contribution in [3.63, 3.8) is 0 Å². The van der Waals surface area contributed by atoms with Crippen LogP contribution in [-0.2, 0) is 11.2 Å². The van der Waals surface area contributed by atoms with Crippen molar-refractivity contribution in [1.82, 2.24) is 30.0 Å². The number of amides is 1. The number of tetrazole rings is 1. The van der Waals surface area contributed by atoms with Crippen molar-refractivity contribution in [2.45, 2.75) is 13.3 Å². The lowest BCUT2D eigenvalue weighted by molar-refractivity contribution is -0.115. The van der Waals surface area contributed by atoms with Crippen LogP contribution in [-0.4, -0.2) is 35.9 Å². The van der Waals surface area contributed by atoms with Gasteiger partial charge in [0.1, 0.15) is 5.65 Å². The number of aryl methyl sites for hydroxylation is 1. The van der Waals surface area contributed by atoms with Gasteiger partial charge >= 0.3 is 0 Å². The lowest BCUT2D eigenvalue weighted by atomic mass is 10.3. The molecule has 0 aliphatic rings. The van der Waals surface area contributed by atoms with E-state index >= 15 is 0 Å². The highest BCUT2D eigenvalue weighted by atomic mass is 16.1. The van der Waals surface area contributed by atoms with Crippen molar-refractivity contribution in [3.8, 4) is 0 Å². The second-order valence-corrected chi connectivity index (χ2v) is 4.16. The van der Waals surface area contributed by atoms with Gasteiger partial charge in [0.25, 0.3) is 5.95 Å². The van der Waals surface area contributed by atoms with Crippen LogP contribution in [0, 0.1) is 6.92 Å². The number of H-pyrrole nitrogens is 1. The monoisotopic (exact) mass is 257 g/mol. The third-order valence-corrected chi connectivity index (χ3v) is 2.60. The van der Waals surface area contributed by atoms with E-state index in [-0.39, 0.29) is 18.3 Å². The minimum atomic E-state index is -0.235. The zero-order valence-corrected chi connectivity index (χ0v) is 10.2. The zero-order valence-electron chi connectivity index (χ0n) is 10.2. The normalized spacial score (nSPS) is 10.8. The van der Waals surface area contributed by atoms with E-state index in [4.69, 9.17) is 0 Å². The van der Waals surface area contributed by atoms with Gasteiger partial charge in [-0.05, 0) is 29.8 Å². The predicted molar refractivity (Wildman–Crippen MR) is 66.4 cm³/mol. The Morgan fingerprint density at radius 2 is 2.42 bits per heavy atom. The van der Waals surface area contributed by atoms with Gasteiger partial charge in [0.05, 0.1) is 12.1 Å². The molecular weight excluding hydrogens is 246 g/mol. The summed E-state index contributed by atoms with van der Waals surface area (Å²) in [6, 6.07) is 3.94. The predicted octanol–water partition coefficient (Wildman–Crippen LogP) is 0.337. The Morgan fingerprint density at radius 1 is 1.53 bits per heavy atom. The number of hydrogen-bond donors (Lipinski definition) is 2. The molecule has 0 aliphatic heterocycles. The third kappa shape index (κ3) is 2.41. The summed E-state index contributed by atoms with van der Waals surface area (Å²) in [4.78, 5) is 16.1. The van der Waals surface area contributed by atoms with Crippen LogP contribution in [0.4, 0.5) is 5.95 Å². The number of carbonyl (C=O) groups is 1. The van der Waals surface area contributed by atoms with E-state index in [0.717, 1.165) is 11.2 Å². The summed E-state index contributed by atoms with van der Waals surface area (Å²) in [6.45, 7) is 2.00. The van der Waals surface area contributed by atoms with Crippen LogP contribution in [0.5, 0.6) is 0 Å². The lowest BCUT2D eigenvalue weighted by Crippen LogP contribution is -2.15.